The van der Waals surface area contributed by atoms with Crippen LogP contribution in [0.15, 0.2) is 0 Å². The maximum absolute atomic E-state index is 3.16. The van der Waals surface area contributed by atoms with Crippen molar-refractivity contribution in [3.8, 4) is 0 Å². The molecule has 0 N–H and O–H groups in total. The zero-order chi connectivity index (χ0) is 9.78. The number of hydrogen-bond acceptors (Lipinski definition) is 0. The Morgan fingerprint density at radius 3 is 1.69 bits per heavy atom. The van der Waals surface area contributed by atoms with Crippen molar-refractivity contribution >= 4 is 26.3 Å². The molecule has 0 fully saturated rings. The first kappa shape index (κ1) is 14.0. The Morgan fingerprint density at radius 1 is 0.769 bits per heavy atom. The molecule has 2 heteroatoms. The van der Waals surface area contributed by atoms with E-state index in [4.69, 9.17) is 0 Å². The summed E-state index contributed by atoms with van der Waals surface area (Å²) in [6.07, 6.45) is 13.1. The third kappa shape index (κ3) is 13.0. The molecule has 80 valence electrons. The Labute approximate surface area is 96.1 Å². The summed E-state index contributed by atoms with van der Waals surface area (Å²) in [5, 5.41) is 1.48. The monoisotopic (exact) mass is 316 g/mol. The van der Waals surface area contributed by atoms with Crippen LogP contribution in [-0.4, -0.2) is 26.3 Å². The molecule has 0 aromatic heterocycles. The van der Waals surface area contributed by atoms with Gasteiger partial charge in [-0.2, -0.15) is 0 Å². The van der Waals surface area contributed by atoms with E-state index in [1.807, 2.05) is 0 Å². The molecule has 0 aliphatic carbocycles. The zero-order valence-corrected chi connectivity index (χ0v) is 12.5. The van der Waals surface area contributed by atoms with Gasteiger partial charge in [-0.15, -0.1) is 0 Å². The van der Waals surface area contributed by atoms with Gasteiger partial charge in [0.1, 0.15) is 0 Å². The molecule has 0 heterocycles. The van der Waals surface area contributed by atoms with E-state index in [-0.39, 0.29) is 0 Å². The van der Waals surface area contributed by atoms with E-state index in [9.17, 15) is 0 Å². The minimum atomic E-state index is 0.566. The van der Waals surface area contributed by atoms with Crippen molar-refractivity contribution in [3.05, 3.63) is 0 Å². The third-order valence-electron chi connectivity index (χ3n) is 2.35. The van der Waals surface area contributed by atoms with Crippen LogP contribution < -0.4 is 0 Å². The van der Waals surface area contributed by atoms with Gasteiger partial charge in [-0.3, -0.25) is 0 Å². The molecule has 0 aliphatic rings. The first-order chi connectivity index (χ1) is 6.41. The number of unbranched alkanes of at least 4 members (excludes halogenated alkanes) is 8. The standard InChI is InChI=1S/C11H24Se2/c1-2-3-4-5-6-7-8-9-10-11-13-12/h13H,2-11H2,1H3. The summed E-state index contributed by atoms with van der Waals surface area (Å²) in [5.74, 6) is 0. The summed E-state index contributed by atoms with van der Waals surface area (Å²) in [7, 11) is 0. The third-order valence-corrected chi connectivity index (χ3v) is 5.39. The molecular weight excluding hydrogens is 290 g/mol. The van der Waals surface area contributed by atoms with Gasteiger partial charge in [0.2, 0.25) is 0 Å². The molecule has 0 amide bonds. The van der Waals surface area contributed by atoms with Crippen LogP contribution in [0.5, 0.6) is 0 Å². The second-order valence-corrected chi connectivity index (χ2v) is 7.98. The van der Waals surface area contributed by atoms with E-state index in [0.717, 1.165) is 0 Å². The van der Waals surface area contributed by atoms with Gasteiger partial charge in [0.05, 0.1) is 0 Å². The van der Waals surface area contributed by atoms with Gasteiger partial charge >= 0.3 is 96.3 Å². The van der Waals surface area contributed by atoms with E-state index in [1.54, 1.807) is 0 Å². The molecule has 0 aromatic carbocycles. The molecule has 0 aliphatic heterocycles. The van der Waals surface area contributed by atoms with Crippen LogP contribution in [0.4, 0.5) is 0 Å². The first-order valence-electron chi connectivity index (χ1n) is 5.71. The van der Waals surface area contributed by atoms with E-state index in [1.165, 1.54) is 63.1 Å². The van der Waals surface area contributed by atoms with Crippen LogP contribution >= 0.6 is 0 Å². The Kier molecular flexibility index (Phi) is 14.1. The van der Waals surface area contributed by atoms with Crippen molar-refractivity contribution in [1.29, 1.82) is 0 Å². The van der Waals surface area contributed by atoms with Gasteiger partial charge in [-0.05, 0) is 0 Å². The van der Waals surface area contributed by atoms with E-state index in [2.05, 4.69) is 20.6 Å². The van der Waals surface area contributed by atoms with Gasteiger partial charge in [-0.1, -0.05) is 0 Å². The topological polar surface area (TPSA) is 0 Å². The molecule has 0 saturated carbocycles. The van der Waals surface area contributed by atoms with E-state index in [0.29, 0.717) is 12.6 Å². The average molecular weight is 314 g/mol. The van der Waals surface area contributed by atoms with Crippen molar-refractivity contribution in [2.75, 3.05) is 0 Å². The van der Waals surface area contributed by atoms with Crippen molar-refractivity contribution in [3.63, 3.8) is 0 Å². The van der Waals surface area contributed by atoms with Crippen LogP contribution in [0.25, 0.3) is 0 Å². The summed E-state index contributed by atoms with van der Waals surface area (Å²) in [5.41, 5.74) is 0. The number of hydrogen-bond donors (Lipinski definition) is 0. The van der Waals surface area contributed by atoms with Crippen molar-refractivity contribution in [2.24, 2.45) is 0 Å². The molecule has 0 bridgehead atoms. The predicted molar refractivity (Wildman–Crippen MR) is 64.9 cm³/mol. The van der Waals surface area contributed by atoms with Gasteiger partial charge in [-0.25, -0.2) is 0 Å². The molecule has 0 unspecified atom stereocenters. The predicted octanol–water partition coefficient (Wildman–Crippen LogP) is 3.46. The second kappa shape index (κ2) is 13.0. The molecule has 0 saturated heterocycles. The van der Waals surface area contributed by atoms with E-state index < -0.39 is 0 Å². The van der Waals surface area contributed by atoms with Crippen molar-refractivity contribution in [1.82, 2.24) is 0 Å². The first-order valence-corrected chi connectivity index (χ1v) is 11.8. The van der Waals surface area contributed by atoms with Crippen LogP contribution in [0, 0.1) is 0 Å². The molecule has 13 heavy (non-hydrogen) atoms. The average Bonchev–Trinajstić information content (AvgIpc) is 2.16. The molecule has 0 atom stereocenters. The van der Waals surface area contributed by atoms with Gasteiger partial charge < -0.3 is 0 Å². The summed E-state index contributed by atoms with van der Waals surface area (Å²) in [4.78, 5) is 0. The second-order valence-electron chi connectivity index (χ2n) is 3.68. The molecule has 0 rings (SSSR count). The normalized spacial score (nSPS) is 10.5. The van der Waals surface area contributed by atoms with Crippen LogP contribution in [0.3, 0.4) is 0 Å². The Balaban J connectivity index is 2.79. The minimum absolute atomic E-state index is 0.566. The molecule has 0 radical (unpaired) electrons. The number of rotatable bonds is 10. The summed E-state index contributed by atoms with van der Waals surface area (Å²) in [6.45, 7) is 2.28. The SMILES string of the molecule is CCCCCCCCCCC[SeH]=[Se]. The Bertz CT molecular complexity index is 102. The fourth-order valence-corrected chi connectivity index (χ4v) is 3.63. The summed E-state index contributed by atoms with van der Waals surface area (Å²) >= 11 is 3.73. The molecule has 0 spiro atoms. The maximum atomic E-state index is 3.16. The Morgan fingerprint density at radius 2 is 1.23 bits per heavy atom. The van der Waals surface area contributed by atoms with Crippen molar-refractivity contribution in [2.45, 2.75) is 70.0 Å². The van der Waals surface area contributed by atoms with Gasteiger partial charge in [0.15, 0.2) is 0 Å². The van der Waals surface area contributed by atoms with Gasteiger partial charge in [0.25, 0.3) is 0 Å². The summed E-state index contributed by atoms with van der Waals surface area (Å²) < 4.78 is 0. The molecule has 0 nitrogen and oxygen atoms in total. The van der Waals surface area contributed by atoms with Crippen LogP contribution in [0.1, 0.15) is 64.7 Å². The molecule has 0 aromatic rings. The zero-order valence-electron chi connectivity index (χ0n) is 8.93. The fraction of sp³-hybridized carbons (Fsp3) is 1.00. The van der Waals surface area contributed by atoms with Crippen molar-refractivity contribution < 1.29 is 0 Å². The van der Waals surface area contributed by atoms with E-state index >= 15 is 0 Å². The Hall–Kier alpha value is 1.04. The molecular formula is C11H24Se2. The van der Waals surface area contributed by atoms with Crippen LogP contribution in [-0.2, 0) is 0 Å². The van der Waals surface area contributed by atoms with Crippen LogP contribution in [0.2, 0.25) is 5.32 Å². The summed E-state index contributed by atoms with van der Waals surface area (Å²) in [6, 6.07) is 0. The van der Waals surface area contributed by atoms with Gasteiger partial charge in [0, 0.05) is 0 Å². The fourth-order valence-electron chi connectivity index (χ4n) is 1.49. The quantitative estimate of drug-likeness (QED) is 0.428.